The number of nitrogens with zero attached hydrogens (tertiary/aromatic N) is 1. The van der Waals surface area contributed by atoms with E-state index in [1.165, 1.54) is 19.1 Å². The number of carboxylic acids is 1. The maximum Gasteiger partial charge on any atom is 0.308 e. The van der Waals surface area contributed by atoms with Crippen molar-refractivity contribution in [1.29, 1.82) is 0 Å². The Kier molecular flexibility index (Phi) is 5.26. The molecule has 0 radical (unpaired) electrons. The van der Waals surface area contributed by atoms with E-state index >= 15 is 0 Å². The van der Waals surface area contributed by atoms with Crippen molar-refractivity contribution >= 4 is 17.4 Å². The number of ketones is 1. The maximum absolute atomic E-state index is 11.6. The van der Waals surface area contributed by atoms with E-state index in [2.05, 4.69) is 0 Å². The highest BCUT2D eigenvalue weighted by Crippen LogP contribution is 2.33. The molecule has 2 aromatic rings. The molecule has 2 rings (SSSR count). The van der Waals surface area contributed by atoms with Gasteiger partial charge in [0.15, 0.2) is 5.78 Å². The van der Waals surface area contributed by atoms with Gasteiger partial charge in [-0.15, -0.1) is 0 Å². The van der Waals surface area contributed by atoms with E-state index in [4.69, 9.17) is 9.84 Å². The van der Waals surface area contributed by atoms with Gasteiger partial charge in [0, 0.05) is 0 Å². The Morgan fingerprint density at radius 3 is 2.38 bits per heavy atom. The van der Waals surface area contributed by atoms with E-state index in [1.807, 2.05) is 30.3 Å². The number of carboxylic acid groups (broad SMARTS) is 1. The molecule has 0 aromatic heterocycles. The lowest BCUT2D eigenvalue weighted by molar-refractivity contribution is -0.385. The molecular formula is C17H15NO6. The molecule has 0 heterocycles. The number of rotatable bonds is 7. The van der Waals surface area contributed by atoms with Gasteiger partial charge in [0.2, 0.25) is 0 Å². The van der Waals surface area contributed by atoms with E-state index in [9.17, 15) is 19.7 Å². The van der Waals surface area contributed by atoms with Crippen LogP contribution in [0.15, 0.2) is 42.5 Å². The number of Topliss-reactive ketones (excluding diaryl/α,β-unsaturated/α-hetero) is 1. The number of ether oxygens (including phenoxy) is 1. The van der Waals surface area contributed by atoms with Gasteiger partial charge in [-0.25, -0.2) is 0 Å². The second-order valence-electron chi connectivity index (χ2n) is 5.10. The quantitative estimate of drug-likeness (QED) is 0.475. The summed E-state index contributed by atoms with van der Waals surface area (Å²) < 4.78 is 5.57. The van der Waals surface area contributed by atoms with Gasteiger partial charge < -0.3 is 9.84 Å². The Hall–Kier alpha value is -3.22. The van der Waals surface area contributed by atoms with Gasteiger partial charge in [-0.05, 0) is 24.6 Å². The van der Waals surface area contributed by atoms with Gasteiger partial charge in [-0.3, -0.25) is 19.7 Å². The summed E-state index contributed by atoms with van der Waals surface area (Å²) in [6.07, 6.45) is -0.610. The Morgan fingerprint density at radius 1 is 1.17 bits per heavy atom. The highest BCUT2D eigenvalue weighted by atomic mass is 16.6. The molecule has 7 heteroatoms. The largest absolute Gasteiger partial charge is 0.488 e. The van der Waals surface area contributed by atoms with Crippen LogP contribution in [0.1, 0.15) is 28.4 Å². The van der Waals surface area contributed by atoms with Crippen LogP contribution in [0.4, 0.5) is 5.69 Å². The molecule has 0 atom stereocenters. The summed E-state index contributed by atoms with van der Waals surface area (Å²) in [5.41, 5.74) is 0.0620. The number of aliphatic carboxylic acids is 1. The minimum absolute atomic E-state index is 0.0814. The third-order valence-electron chi connectivity index (χ3n) is 3.37. The normalized spacial score (nSPS) is 10.2. The SMILES string of the molecule is CC(=O)c1ccc(OCc2ccccc2)c(CC(=O)O)c1[N+](=O)[O-]. The van der Waals surface area contributed by atoms with E-state index in [0.29, 0.717) is 0 Å². The van der Waals surface area contributed by atoms with E-state index in [-0.39, 0.29) is 23.5 Å². The molecule has 0 saturated heterocycles. The summed E-state index contributed by atoms with van der Waals surface area (Å²) in [5.74, 6) is -1.68. The van der Waals surface area contributed by atoms with Gasteiger partial charge in [0.1, 0.15) is 12.4 Å². The van der Waals surface area contributed by atoms with Gasteiger partial charge in [-0.1, -0.05) is 30.3 Å². The fourth-order valence-corrected chi connectivity index (χ4v) is 2.30. The maximum atomic E-state index is 11.6. The first-order valence-electron chi connectivity index (χ1n) is 7.10. The van der Waals surface area contributed by atoms with Crippen LogP contribution in [-0.2, 0) is 17.8 Å². The lowest BCUT2D eigenvalue weighted by atomic mass is 10.0. The zero-order chi connectivity index (χ0) is 17.7. The highest BCUT2D eigenvalue weighted by Gasteiger charge is 2.27. The first-order valence-corrected chi connectivity index (χ1v) is 7.10. The van der Waals surface area contributed by atoms with Crippen LogP contribution < -0.4 is 4.74 Å². The Balaban J connectivity index is 2.46. The molecule has 24 heavy (non-hydrogen) atoms. The molecule has 0 amide bonds. The van der Waals surface area contributed by atoms with Crippen LogP contribution in [0.3, 0.4) is 0 Å². The predicted molar refractivity (Wildman–Crippen MR) is 85.2 cm³/mol. The van der Waals surface area contributed by atoms with Gasteiger partial charge in [0.25, 0.3) is 5.69 Å². The van der Waals surface area contributed by atoms with Crippen LogP contribution in [0.2, 0.25) is 0 Å². The topological polar surface area (TPSA) is 107 Å². The third kappa shape index (κ3) is 3.95. The van der Waals surface area contributed by atoms with E-state index in [0.717, 1.165) is 5.56 Å². The Morgan fingerprint density at radius 2 is 1.83 bits per heavy atom. The Bertz CT molecular complexity index is 785. The Labute approximate surface area is 137 Å². The standard InChI is InChI=1S/C17H15NO6/c1-11(19)13-7-8-15(24-10-12-5-3-2-4-6-12)14(9-16(20)21)17(13)18(22)23/h2-8H,9-10H2,1H3,(H,20,21). The predicted octanol–water partition coefficient (Wildman–Crippen LogP) is 3.00. The number of benzene rings is 2. The second kappa shape index (κ2) is 7.36. The van der Waals surface area contributed by atoms with Crippen molar-refractivity contribution in [3.8, 4) is 5.75 Å². The zero-order valence-corrected chi connectivity index (χ0v) is 12.9. The molecule has 0 unspecified atom stereocenters. The van der Waals surface area contributed by atoms with Gasteiger partial charge in [0.05, 0.1) is 22.5 Å². The minimum Gasteiger partial charge on any atom is -0.488 e. The number of nitro benzene ring substituents is 1. The minimum atomic E-state index is -1.25. The summed E-state index contributed by atoms with van der Waals surface area (Å²) >= 11 is 0. The van der Waals surface area contributed by atoms with Crippen LogP contribution >= 0.6 is 0 Å². The highest BCUT2D eigenvalue weighted by molar-refractivity contribution is 5.99. The number of carbonyl (C=O) groups excluding carboxylic acids is 1. The van der Waals surface area contributed by atoms with Crippen molar-refractivity contribution in [2.24, 2.45) is 0 Å². The molecule has 124 valence electrons. The molecular weight excluding hydrogens is 314 g/mol. The summed E-state index contributed by atoms with van der Waals surface area (Å²) in [7, 11) is 0. The number of hydrogen-bond acceptors (Lipinski definition) is 5. The van der Waals surface area contributed by atoms with Gasteiger partial charge in [-0.2, -0.15) is 0 Å². The average Bonchev–Trinajstić information content (AvgIpc) is 2.53. The molecule has 0 bridgehead atoms. The molecule has 0 fully saturated rings. The van der Waals surface area contributed by atoms with Gasteiger partial charge >= 0.3 is 5.97 Å². The second-order valence-corrected chi connectivity index (χ2v) is 5.10. The van der Waals surface area contributed by atoms with Crippen LogP contribution in [0, 0.1) is 10.1 Å². The average molecular weight is 329 g/mol. The van der Waals surface area contributed by atoms with Crippen molar-refractivity contribution in [1.82, 2.24) is 0 Å². The summed E-state index contributed by atoms with van der Waals surface area (Å²) in [6.45, 7) is 1.32. The van der Waals surface area contributed by atoms with Crippen LogP contribution in [-0.4, -0.2) is 21.8 Å². The lowest BCUT2D eigenvalue weighted by Crippen LogP contribution is -2.10. The van der Waals surface area contributed by atoms with Crippen molar-refractivity contribution in [2.45, 2.75) is 20.0 Å². The van der Waals surface area contributed by atoms with Crippen molar-refractivity contribution in [2.75, 3.05) is 0 Å². The molecule has 0 saturated carbocycles. The first-order chi connectivity index (χ1) is 11.4. The molecule has 0 spiro atoms. The van der Waals surface area contributed by atoms with Crippen LogP contribution in [0.25, 0.3) is 0 Å². The lowest BCUT2D eigenvalue weighted by Gasteiger charge is -2.12. The summed E-state index contributed by atoms with van der Waals surface area (Å²) in [5, 5.41) is 20.4. The molecule has 1 N–H and O–H groups in total. The van der Waals surface area contributed by atoms with Crippen molar-refractivity contribution < 1.29 is 24.4 Å². The smallest absolute Gasteiger partial charge is 0.308 e. The van der Waals surface area contributed by atoms with Crippen molar-refractivity contribution in [3.05, 3.63) is 69.3 Å². The fraction of sp³-hybridized carbons (Fsp3) is 0.176. The van der Waals surface area contributed by atoms with E-state index < -0.39 is 28.8 Å². The third-order valence-corrected chi connectivity index (χ3v) is 3.37. The van der Waals surface area contributed by atoms with Crippen LogP contribution in [0.5, 0.6) is 5.75 Å². The number of carbonyl (C=O) groups is 2. The first kappa shape index (κ1) is 17.1. The number of nitro groups is 1. The fourth-order valence-electron chi connectivity index (χ4n) is 2.30. The molecule has 0 aliphatic rings. The molecule has 0 aliphatic heterocycles. The van der Waals surface area contributed by atoms with Crippen molar-refractivity contribution in [3.63, 3.8) is 0 Å². The molecule has 7 nitrogen and oxygen atoms in total. The van der Waals surface area contributed by atoms with E-state index in [1.54, 1.807) is 0 Å². The summed E-state index contributed by atoms with van der Waals surface area (Å²) in [4.78, 5) is 33.3. The molecule has 0 aliphatic carbocycles. The summed E-state index contributed by atoms with van der Waals surface area (Å²) in [6, 6.07) is 11.8. The monoisotopic (exact) mass is 329 g/mol. The number of hydrogen-bond donors (Lipinski definition) is 1. The zero-order valence-electron chi connectivity index (χ0n) is 12.9. The molecule has 2 aromatic carbocycles.